The minimum atomic E-state index is 0.481. The Morgan fingerprint density at radius 2 is 2.26 bits per heavy atom. The third-order valence-corrected chi connectivity index (χ3v) is 3.57. The predicted molar refractivity (Wildman–Crippen MR) is 73.8 cm³/mol. The van der Waals surface area contributed by atoms with Crippen molar-refractivity contribution < 1.29 is 9.57 Å². The second-order valence-corrected chi connectivity index (χ2v) is 5.18. The number of anilines is 1. The lowest BCUT2D eigenvalue weighted by Crippen LogP contribution is -2.12. The van der Waals surface area contributed by atoms with E-state index in [1.54, 1.807) is 0 Å². The molecule has 0 saturated carbocycles. The number of aromatic nitrogens is 2. The topological polar surface area (TPSA) is 56.3 Å². The van der Waals surface area contributed by atoms with E-state index in [2.05, 4.69) is 14.8 Å². The molecular formula is C13H15N3O2S. The van der Waals surface area contributed by atoms with Crippen molar-refractivity contribution in [3.8, 4) is 11.4 Å². The van der Waals surface area contributed by atoms with Crippen LogP contribution in [0.5, 0.6) is 0 Å². The molecule has 1 atom stereocenters. The van der Waals surface area contributed by atoms with E-state index < -0.39 is 0 Å². The maximum absolute atomic E-state index is 5.43. The molecule has 19 heavy (non-hydrogen) atoms. The van der Waals surface area contributed by atoms with Gasteiger partial charge >= 0.3 is 0 Å². The molecule has 0 radical (unpaired) electrons. The number of hydrogen-bond acceptors (Lipinski definition) is 6. The summed E-state index contributed by atoms with van der Waals surface area (Å²) >= 11 is 1.30. The number of ether oxygens (including phenoxy) is 1. The van der Waals surface area contributed by atoms with Gasteiger partial charge in [-0.15, -0.1) is 0 Å². The van der Waals surface area contributed by atoms with Crippen molar-refractivity contribution in [1.82, 2.24) is 9.36 Å². The monoisotopic (exact) mass is 277 g/mol. The second-order valence-electron chi connectivity index (χ2n) is 4.43. The van der Waals surface area contributed by atoms with Gasteiger partial charge in [0.1, 0.15) is 0 Å². The summed E-state index contributed by atoms with van der Waals surface area (Å²) in [6.45, 7) is 2.26. The Labute approximate surface area is 115 Å². The van der Waals surface area contributed by atoms with Gasteiger partial charge in [-0.05, 0) is 6.42 Å². The van der Waals surface area contributed by atoms with Crippen molar-refractivity contribution in [3.63, 3.8) is 0 Å². The lowest BCUT2D eigenvalue weighted by Gasteiger charge is -2.07. The van der Waals surface area contributed by atoms with Gasteiger partial charge in [0.25, 0.3) is 0 Å². The number of nitrogens with zero attached hydrogens (tertiary/aromatic N) is 2. The molecule has 1 fully saturated rings. The Balaban J connectivity index is 1.53. The zero-order valence-corrected chi connectivity index (χ0v) is 11.2. The third-order valence-electron chi connectivity index (χ3n) is 2.96. The minimum absolute atomic E-state index is 0.481. The number of hydrogen-bond donors (Lipinski definition) is 1. The molecule has 0 amide bonds. The van der Waals surface area contributed by atoms with Gasteiger partial charge in [-0.25, -0.2) is 5.48 Å². The average molecular weight is 277 g/mol. The second kappa shape index (κ2) is 6.10. The fourth-order valence-electron chi connectivity index (χ4n) is 1.91. The zero-order valence-electron chi connectivity index (χ0n) is 10.4. The Hall–Kier alpha value is -1.50. The van der Waals surface area contributed by atoms with E-state index in [0.717, 1.165) is 31.0 Å². The molecule has 6 heteroatoms. The van der Waals surface area contributed by atoms with Gasteiger partial charge in [-0.3, -0.25) is 4.84 Å². The molecule has 1 aromatic heterocycles. The van der Waals surface area contributed by atoms with Gasteiger partial charge in [0, 0.05) is 29.6 Å². The van der Waals surface area contributed by atoms with Crippen LogP contribution in [0.3, 0.4) is 0 Å². The Kier molecular flexibility index (Phi) is 4.02. The Morgan fingerprint density at radius 3 is 3.05 bits per heavy atom. The Morgan fingerprint density at radius 1 is 1.37 bits per heavy atom. The molecule has 1 aromatic carbocycles. The number of rotatable bonds is 5. The fourth-order valence-corrected chi connectivity index (χ4v) is 2.45. The lowest BCUT2D eigenvalue weighted by atomic mass is 10.1. The van der Waals surface area contributed by atoms with Crippen LogP contribution in [0.25, 0.3) is 11.4 Å². The van der Waals surface area contributed by atoms with Crippen molar-refractivity contribution in [2.75, 3.05) is 25.3 Å². The van der Waals surface area contributed by atoms with Crippen molar-refractivity contribution in [3.05, 3.63) is 30.3 Å². The first-order valence-corrected chi connectivity index (χ1v) is 7.04. The van der Waals surface area contributed by atoms with E-state index in [4.69, 9.17) is 9.57 Å². The molecular weight excluding hydrogens is 262 g/mol. The fraction of sp³-hybridized carbons (Fsp3) is 0.385. The summed E-state index contributed by atoms with van der Waals surface area (Å²) in [6.07, 6.45) is 1.06. The normalized spacial score (nSPS) is 18.6. The quantitative estimate of drug-likeness (QED) is 0.851. The highest BCUT2D eigenvalue weighted by molar-refractivity contribution is 7.09. The van der Waals surface area contributed by atoms with Gasteiger partial charge < -0.3 is 4.74 Å². The van der Waals surface area contributed by atoms with E-state index >= 15 is 0 Å². The van der Waals surface area contributed by atoms with Crippen molar-refractivity contribution >= 4 is 16.7 Å². The van der Waals surface area contributed by atoms with Crippen LogP contribution in [0.4, 0.5) is 5.13 Å². The van der Waals surface area contributed by atoms with E-state index in [9.17, 15) is 0 Å². The zero-order chi connectivity index (χ0) is 12.9. The predicted octanol–water partition coefficient (Wildman–Crippen LogP) is 2.59. The lowest BCUT2D eigenvalue weighted by molar-refractivity contribution is 0.127. The summed E-state index contributed by atoms with van der Waals surface area (Å²) in [5.74, 6) is 1.20. The van der Waals surface area contributed by atoms with Crippen molar-refractivity contribution in [2.45, 2.75) is 6.42 Å². The van der Waals surface area contributed by atoms with Gasteiger partial charge in [-0.1, -0.05) is 30.3 Å². The minimum Gasteiger partial charge on any atom is -0.381 e. The van der Waals surface area contributed by atoms with Crippen LogP contribution in [0.2, 0.25) is 0 Å². The van der Waals surface area contributed by atoms with Crippen LogP contribution in [0.15, 0.2) is 30.3 Å². The molecule has 1 aliphatic heterocycles. The molecule has 5 nitrogen and oxygen atoms in total. The van der Waals surface area contributed by atoms with Gasteiger partial charge in [-0.2, -0.15) is 9.36 Å². The summed E-state index contributed by atoms with van der Waals surface area (Å²) in [5, 5.41) is 0.678. The summed E-state index contributed by atoms with van der Waals surface area (Å²) in [6, 6.07) is 9.90. The average Bonchev–Trinajstić information content (AvgIpc) is 3.11. The standard InChI is InChI=1S/C13H15N3O2S/c1-2-4-11(5-3-1)12-14-13(19-16-12)15-18-9-10-6-7-17-8-10/h1-5,10H,6-9H2,(H,14,15,16). The van der Waals surface area contributed by atoms with Gasteiger partial charge in [0.2, 0.25) is 5.13 Å². The van der Waals surface area contributed by atoms with Crippen molar-refractivity contribution in [1.29, 1.82) is 0 Å². The molecule has 1 aliphatic rings. The highest BCUT2D eigenvalue weighted by atomic mass is 32.1. The van der Waals surface area contributed by atoms with E-state index in [1.165, 1.54) is 11.5 Å². The largest absolute Gasteiger partial charge is 0.381 e. The molecule has 1 unspecified atom stereocenters. The molecule has 0 aliphatic carbocycles. The van der Waals surface area contributed by atoms with Crippen LogP contribution in [0, 0.1) is 5.92 Å². The first-order valence-electron chi connectivity index (χ1n) is 6.26. The molecule has 100 valence electrons. The third kappa shape index (κ3) is 3.28. The summed E-state index contributed by atoms with van der Waals surface area (Å²) in [4.78, 5) is 9.82. The summed E-state index contributed by atoms with van der Waals surface area (Å²) < 4.78 is 9.59. The molecule has 2 aromatic rings. The molecule has 2 heterocycles. The SMILES string of the molecule is c1ccc(-c2nsc(NOCC3CCOC3)n2)cc1. The molecule has 1 saturated heterocycles. The molecule has 0 bridgehead atoms. The van der Waals surface area contributed by atoms with Gasteiger partial charge in [0.15, 0.2) is 5.82 Å². The van der Waals surface area contributed by atoms with Gasteiger partial charge in [0.05, 0.1) is 13.2 Å². The number of benzene rings is 1. The van der Waals surface area contributed by atoms with Crippen LogP contribution in [0.1, 0.15) is 6.42 Å². The van der Waals surface area contributed by atoms with E-state index in [1.807, 2.05) is 30.3 Å². The first kappa shape index (κ1) is 12.5. The Bertz CT molecular complexity index is 512. The maximum atomic E-state index is 5.43. The van der Waals surface area contributed by atoms with Crippen LogP contribution < -0.4 is 5.48 Å². The van der Waals surface area contributed by atoms with Crippen LogP contribution in [-0.4, -0.2) is 29.2 Å². The smallest absolute Gasteiger partial charge is 0.227 e. The highest BCUT2D eigenvalue weighted by Crippen LogP contribution is 2.21. The highest BCUT2D eigenvalue weighted by Gasteiger charge is 2.16. The van der Waals surface area contributed by atoms with Crippen LogP contribution >= 0.6 is 11.5 Å². The summed E-state index contributed by atoms with van der Waals surface area (Å²) in [5.41, 5.74) is 3.86. The molecule has 0 spiro atoms. The summed E-state index contributed by atoms with van der Waals surface area (Å²) in [7, 11) is 0. The van der Waals surface area contributed by atoms with E-state index in [0.29, 0.717) is 17.7 Å². The molecule has 3 rings (SSSR count). The van der Waals surface area contributed by atoms with Crippen molar-refractivity contribution in [2.24, 2.45) is 5.92 Å². The van der Waals surface area contributed by atoms with E-state index in [-0.39, 0.29) is 0 Å². The van der Waals surface area contributed by atoms with Crippen LogP contribution in [-0.2, 0) is 9.57 Å². The molecule has 1 N–H and O–H groups in total. The first-order chi connectivity index (χ1) is 9.42. The number of nitrogens with one attached hydrogen (secondary N) is 1. The maximum Gasteiger partial charge on any atom is 0.227 e.